The molecule has 0 aliphatic heterocycles. The van der Waals surface area contributed by atoms with Gasteiger partial charge in [-0.1, -0.05) is 12.2 Å². The second-order valence-electron chi connectivity index (χ2n) is 4.38. The molecule has 1 aromatic rings. The zero-order chi connectivity index (χ0) is 14.6. The molecule has 0 aromatic carbocycles. The predicted molar refractivity (Wildman–Crippen MR) is 78.5 cm³/mol. The maximum atomic E-state index is 12.2. The van der Waals surface area contributed by atoms with E-state index in [-0.39, 0.29) is 21.6 Å². The Kier molecular flexibility index (Phi) is 5.36. The van der Waals surface area contributed by atoms with Crippen molar-refractivity contribution in [3.8, 4) is 0 Å². The summed E-state index contributed by atoms with van der Waals surface area (Å²) in [6.45, 7) is 2.21. The molecule has 8 heteroatoms. The Morgan fingerprint density at radius 1 is 1.58 bits per heavy atom. The van der Waals surface area contributed by atoms with Crippen LogP contribution < -0.4 is 10.5 Å². The molecule has 0 aliphatic rings. The number of nitrogens with zero attached hydrogens (tertiary/aromatic N) is 2. The molecule has 0 aliphatic carbocycles. The molecule has 1 aromatic heterocycles. The first kappa shape index (κ1) is 16.0. The monoisotopic (exact) mass is 302 g/mol. The van der Waals surface area contributed by atoms with Gasteiger partial charge < -0.3 is 10.6 Å². The van der Waals surface area contributed by atoms with Crippen LogP contribution in [0.5, 0.6) is 0 Å². The fourth-order valence-electron chi connectivity index (χ4n) is 1.28. The minimum absolute atomic E-state index is 0.00783. The molecule has 0 saturated heterocycles. The largest absolute Gasteiger partial charge is 0.388 e. The van der Waals surface area contributed by atoms with Crippen molar-refractivity contribution in [1.82, 2.24) is 14.6 Å². The van der Waals surface area contributed by atoms with Crippen LogP contribution in [-0.2, 0) is 10.0 Å². The lowest BCUT2D eigenvalue weighted by Gasteiger charge is -2.20. The molecule has 0 spiro atoms. The lowest BCUT2D eigenvalue weighted by atomic mass is 10.3. The van der Waals surface area contributed by atoms with E-state index in [1.165, 1.54) is 18.3 Å². The molecule has 0 radical (unpaired) electrons. The number of nitrogens with two attached hydrogens (primary N) is 1. The number of likely N-dealkylation sites (N-methyl/N-ethyl adjacent to an activating group) is 1. The first-order valence-electron chi connectivity index (χ1n) is 5.66. The van der Waals surface area contributed by atoms with Crippen LogP contribution in [0.3, 0.4) is 0 Å². The number of thiocarbonyl (C=S) groups is 1. The fourth-order valence-corrected chi connectivity index (χ4v) is 2.80. The van der Waals surface area contributed by atoms with Crippen molar-refractivity contribution >= 4 is 27.2 Å². The number of pyridine rings is 1. The number of sulfonamides is 1. The van der Waals surface area contributed by atoms with Gasteiger partial charge >= 0.3 is 0 Å². The molecule has 19 heavy (non-hydrogen) atoms. The van der Waals surface area contributed by atoms with Crippen LogP contribution in [0.25, 0.3) is 0 Å². The van der Waals surface area contributed by atoms with Gasteiger partial charge in [-0.05, 0) is 33.2 Å². The van der Waals surface area contributed by atoms with E-state index in [9.17, 15) is 8.42 Å². The van der Waals surface area contributed by atoms with Gasteiger partial charge in [0.1, 0.15) is 15.6 Å². The number of nitrogens with one attached hydrogen (secondary N) is 1. The molecular weight excluding hydrogens is 284 g/mol. The maximum absolute atomic E-state index is 12.2. The molecular formula is C11H18N4O2S2. The van der Waals surface area contributed by atoms with Crippen LogP contribution in [0.2, 0.25) is 0 Å². The standard InChI is InChI=1S/C11H18N4O2S2/c1-8(15(2)3)7-14-19(16,17)9-5-4-6-13-10(9)11(12)18/h4-6,8,14H,7H2,1-3H3,(H2,12,18). The van der Waals surface area contributed by atoms with Crippen molar-refractivity contribution in [2.45, 2.75) is 17.9 Å². The fraction of sp³-hybridized carbons (Fsp3) is 0.455. The van der Waals surface area contributed by atoms with E-state index in [0.717, 1.165) is 0 Å². The summed E-state index contributed by atoms with van der Waals surface area (Å²) in [5.74, 6) is 0. The minimum Gasteiger partial charge on any atom is -0.388 e. The van der Waals surface area contributed by atoms with Crippen molar-refractivity contribution in [2.24, 2.45) is 5.73 Å². The summed E-state index contributed by atoms with van der Waals surface area (Å²) in [4.78, 5) is 5.80. The summed E-state index contributed by atoms with van der Waals surface area (Å²) in [6.07, 6.45) is 1.45. The van der Waals surface area contributed by atoms with E-state index < -0.39 is 10.0 Å². The van der Waals surface area contributed by atoms with E-state index in [0.29, 0.717) is 6.54 Å². The van der Waals surface area contributed by atoms with Crippen molar-refractivity contribution < 1.29 is 8.42 Å². The Morgan fingerprint density at radius 2 is 2.21 bits per heavy atom. The quantitative estimate of drug-likeness (QED) is 0.716. The average Bonchev–Trinajstić information content (AvgIpc) is 2.35. The number of rotatable bonds is 6. The zero-order valence-corrected chi connectivity index (χ0v) is 12.8. The molecule has 0 saturated carbocycles. The minimum atomic E-state index is -3.67. The van der Waals surface area contributed by atoms with Crippen LogP contribution in [0.4, 0.5) is 0 Å². The van der Waals surface area contributed by atoms with Gasteiger partial charge in [-0.3, -0.25) is 4.98 Å². The molecule has 0 fully saturated rings. The molecule has 1 unspecified atom stereocenters. The Hall–Kier alpha value is -1.09. The predicted octanol–water partition coefficient (Wildman–Crippen LogP) is -0.0558. The van der Waals surface area contributed by atoms with E-state index in [1.54, 1.807) is 0 Å². The van der Waals surface area contributed by atoms with Gasteiger partial charge in [-0.15, -0.1) is 0 Å². The van der Waals surface area contributed by atoms with Gasteiger partial charge in [-0.2, -0.15) is 0 Å². The number of hydrogen-bond acceptors (Lipinski definition) is 5. The van der Waals surface area contributed by atoms with Crippen LogP contribution in [-0.4, -0.2) is 50.0 Å². The first-order chi connectivity index (χ1) is 8.75. The third kappa shape index (κ3) is 4.20. The summed E-state index contributed by atoms with van der Waals surface area (Å²) >= 11 is 4.81. The Balaban J connectivity index is 2.98. The molecule has 0 amide bonds. The third-order valence-corrected chi connectivity index (χ3v) is 4.39. The van der Waals surface area contributed by atoms with Crippen LogP contribution in [0.1, 0.15) is 12.6 Å². The van der Waals surface area contributed by atoms with Gasteiger partial charge in [0.15, 0.2) is 0 Å². The molecule has 1 rings (SSSR count). The highest BCUT2D eigenvalue weighted by atomic mass is 32.2. The average molecular weight is 302 g/mol. The lowest BCUT2D eigenvalue weighted by Crippen LogP contribution is -2.38. The topological polar surface area (TPSA) is 88.3 Å². The van der Waals surface area contributed by atoms with Crippen molar-refractivity contribution in [3.05, 3.63) is 24.0 Å². The summed E-state index contributed by atoms with van der Waals surface area (Å²) in [6, 6.07) is 3.04. The highest BCUT2D eigenvalue weighted by Gasteiger charge is 2.21. The molecule has 1 heterocycles. The second kappa shape index (κ2) is 6.38. The van der Waals surface area contributed by atoms with E-state index in [4.69, 9.17) is 18.0 Å². The number of aromatic nitrogens is 1. The van der Waals surface area contributed by atoms with Crippen molar-refractivity contribution in [3.63, 3.8) is 0 Å². The molecule has 1 atom stereocenters. The number of hydrogen-bond donors (Lipinski definition) is 2. The van der Waals surface area contributed by atoms with Crippen molar-refractivity contribution in [2.75, 3.05) is 20.6 Å². The first-order valence-corrected chi connectivity index (χ1v) is 7.55. The lowest BCUT2D eigenvalue weighted by molar-refractivity contribution is 0.314. The highest BCUT2D eigenvalue weighted by Crippen LogP contribution is 2.12. The molecule has 3 N–H and O–H groups in total. The molecule has 6 nitrogen and oxygen atoms in total. The Bertz CT molecular complexity index is 558. The van der Waals surface area contributed by atoms with Crippen LogP contribution in [0, 0.1) is 0 Å². The maximum Gasteiger partial charge on any atom is 0.242 e. The SMILES string of the molecule is CC(CNS(=O)(=O)c1cccnc1C(N)=S)N(C)C. The van der Waals surface area contributed by atoms with Gasteiger partial charge in [-0.25, -0.2) is 13.1 Å². The normalized spacial score (nSPS) is 13.5. The van der Waals surface area contributed by atoms with E-state index in [2.05, 4.69) is 9.71 Å². The second-order valence-corrected chi connectivity index (χ2v) is 6.55. The Labute approximate surface area is 119 Å². The van der Waals surface area contributed by atoms with Gasteiger partial charge in [0.2, 0.25) is 10.0 Å². The highest BCUT2D eigenvalue weighted by molar-refractivity contribution is 7.89. The van der Waals surface area contributed by atoms with E-state index >= 15 is 0 Å². The summed E-state index contributed by atoms with van der Waals surface area (Å²) < 4.78 is 26.9. The summed E-state index contributed by atoms with van der Waals surface area (Å²) in [7, 11) is 0.0857. The third-order valence-electron chi connectivity index (χ3n) is 2.74. The van der Waals surface area contributed by atoms with Crippen molar-refractivity contribution in [1.29, 1.82) is 0 Å². The van der Waals surface area contributed by atoms with Gasteiger partial charge in [0.05, 0.1) is 0 Å². The van der Waals surface area contributed by atoms with E-state index in [1.807, 2.05) is 25.9 Å². The zero-order valence-electron chi connectivity index (χ0n) is 11.1. The summed E-state index contributed by atoms with van der Waals surface area (Å²) in [5.41, 5.74) is 5.60. The van der Waals surface area contributed by atoms with Gasteiger partial charge in [0, 0.05) is 18.8 Å². The van der Waals surface area contributed by atoms with Crippen LogP contribution in [0.15, 0.2) is 23.2 Å². The molecule has 106 valence electrons. The Morgan fingerprint density at radius 3 is 2.74 bits per heavy atom. The van der Waals surface area contributed by atoms with Gasteiger partial charge in [0.25, 0.3) is 0 Å². The summed E-state index contributed by atoms with van der Waals surface area (Å²) in [5, 5.41) is 0. The van der Waals surface area contributed by atoms with Crippen LogP contribution >= 0.6 is 12.2 Å². The smallest absolute Gasteiger partial charge is 0.242 e. The molecule has 0 bridgehead atoms.